The highest BCUT2D eigenvalue weighted by molar-refractivity contribution is 5.02. The van der Waals surface area contributed by atoms with Crippen molar-refractivity contribution in [2.75, 3.05) is 13.7 Å². The molecule has 1 heterocycles. The monoisotopic (exact) mass is 279 g/mol. The Morgan fingerprint density at radius 2 is 2.05 bits per heavy atom. The molecule has 0 aromatic carbocycles. The summed E-state index contributed by atoms with van der Waals surface area (Å²) in [4.78, 5) is 4.49. The van der Waals surface area contributed by atoms with Crippen LogP contribution in [-0.4, -0.2) is 34.8 Å². The quantitative estimate of drug-likeness (QED) is 0.814. The van der Waals surface area contributed by atoms with E-state index in [4.69, 9.17) is 4.74 Å². The van der Waals surface area contributed by atoms with Gasteiger partial charge in [-0.3, -0.25) is 0 Å². The minimum absolute atomic E-state index is 0.0293. The summed E-state index contributed by atoms with van der Waals surface area (Å²) in [7, 11) is 3.95. The maximum Gasteiger partial charge on any atom is 0.110 e. The molecule has 1 aliphatic rings. The van der Waals surface area contributed by atoms with Crippen LogP contribution in [0.5, 0.6) is 0 Å². The Kier molecular flexibility index (Phi) is 5.61. The van der Waals surface area contributed by atoms with E-state index in [1.807, 2.05) is 19.5 Å². The van der Waals surface area contributed by atoms with E-state index < -0.39 is 0 Å². The highest BCUT2D eigenvalue weighted by atomic mass is 16.5. The van der Waals surface area contributed by atoms with Gasteiger partial charge in [-0.2, -0.15) is 0 Å². The highest BCUT2D eigenvalue weighted by Crippen LogP contribution is 2.34. The fraction of sp³-hybridized carbons (Fsp3) is 0.812. The average Bonchev–Trinajstić information content (AvgIpc) is 2.73. The molecule has 0 radical (unpaired) electrons. The van der Waals surface area contributed by atoms with Crippen LogP contribution in [0.25, 0.3) is 0 Å². The zero-order chi connectivity index (χ0) is 14.4. The van der Waals surface area contributed by atoms with Crippen LogP contribution in [0.2, 0.25) is 0 Å². The second kappa shape index (κ2) is 7.23. The van der Waals surface area contributed by atoms with E-state index in [0.717, 1.165) is 31.6 Å². The van der Waals surface area contributed by atoms with E-state index in [-0.39, 0.29) is 5.60 Å². The lowest BCUT2D eigenvalue weighted by atomic mass is 9.84. The molecule has 0 spiro atoms. The van der Waals surface area contributed by atoms with E-state index >= 15 is 0 Å². The van der Waals surface area contributed by atoms with Crippen molar-refractivity contribution in [1.82, 2.24) is 14.9 Å². The van der Waals surface area contributed by atoms with Crippen LogP contribution in [0.4, 0.5) is 0 Å². The predicted molar refractivity (Wildman–Crippen MR) is 81.8 cm³/mol. The number of hydrogen-bond donors (Lipinski definition) is 1. The lowest BCUT2D eigenvalue weighted by Crippen LogP contribution is -2.53. The van der Waals surface area contributed by atoms with Crippen LogP contribution in [0.1, 0.15) is 51.3 Å². The van der Waals surface area contributed by atoms with Gasteiger partial charge in [0.1, 0.15) is 5.82 Å². The van der Waals surface area contributed by atoms with Gasteiger partial charge < -0.3 is 14.6 Å². The van der Waals surface area contributed by atoms with Gasteiger partial charge >= 0.3 is 0 Å². The molecular weight excluding hydrogens is 250 g/mol. The molecular formula is C16H29N3O. The van der Waals surface area contributed by atoms with Crippen LogP contribution < -0.4 is 5.32 Å². The summed E-state index contributed by atoms with van der Waals surface area (Å²) in [6, 6.07) is 0.344. The summed E-state index contributed by atoms with van der Waals surface area (Å²) in [6.07, 6.45) is 12.4. The molecule has 0 saturated heterocycles. The van der Waals surface area contributed by atoms with Gasteiger partial charge in [0, 0.05) is 39.0 Å². The van der Waals surface area contributed by atoms with Crippen molar-refractivity contribution in [1.29, 1.82) is 0 Å². The largest absolute Gasteiger partial charge is 0.377 e. The van der Waals surface area contributed by atoms with E-state index in [9.17, 15) is 0 Å². The highest BCUT2D eigenvalue weighted by Gasteiger charge is 2.39. The molecule has 1 unspecified atom stereocenters. The summed E-state index contributed by atoms with van der Waals surface area (Å²) in [5.41, 5.74) is -0.0293. The Labute approximate surface area is 122 Å². The maximum atomic E-state index is 6.06. The van der Waals surface area contributed by atoms with Crippen molar-refractivity contribution < 1.29 is 4.74 Å². The summed E-state index contributed by atoms with van der Waals surface area (Å²) in [5.74, 6) is 1.14. The Bertz CT molecular complexity index is 394. The number of aromatic nitrogens is 2. The minimum Gasteiger partial charge on any atom is -0.377 e. The Morgan fingerprint density at radius 1 is 1.35 bits per heavy atom. The first-order valence-corrected chi connectivity index (χ1v) is 7.96. The molecule has 20 heavy (non-hydrogen) atoms. The molecule has 1 saturated carbocycles. The van der Waals surface area contributed by atoms with Crippen molar-refractivity contribution in [2.45, 2.75) is 63.5 Å². The maximum absolute atomic E-state index is 6.06. The number of ether oxygens (including phenoxy) is 1. The Hall–Kier alpha value is -0.870. The molecule has 0 bridgehead atoms. The molecule has 1 N–H and O–H groups in total. The third-order valence-corrected chi connectivity index (χ3v) is 4.75. The van der Waals surface area contributed by atoms with Crippen molar-refractivity contribution in [3.63, 3.8) is 0 Å². The summed E-state index contributed by atoms with van der Waals surface area (Å²) in [5, 5.41) is 3.66. The number of imidazole rings is 1. The summed E-state index contributed by atoms with van der Waals surface area (Å²) < 4.78 is 8.18. The molecule has 2 rings (SSSR count). The van der Waals surface area contributed by atoms with E-state index in [2.05, 4.69) is 28.8 Å². The molecule has 1 aromatic rings. The number of aryl methyl sites for hydroxylation is 1. The molecule has 0 amide bonds. The van der Waals surface area contributed by atoms with Gasteiger partial charge in [0.05, 0.1) is 5.60 Å². The molecule has 1 fully saturated rings. The summed E-state index contributed by atoms with van der Waals surface area (Å²) in [6.45, 7) is 3.14. The van der Waals surface area contributed by atoms with Crippen LogP contribution in [0.15, 0.2) is 12.4 Å². The number of likely N-dealkylation sites (N-methyl/N-ethyl adjacent to an activating group) is 1. The minimum atomic E-state index is -0.0293. The first-order valence-electron chi connectivity index (χ1n) is 7.96. The standard InChI is InChI=1S/C16H29N3O/c1-4-17-14(13-15-18-11-12-19(15)2)16(20-3)9-7-5-6-8-10-16/h11-12,14,17H,4-10,13H2,1-3H3. The number of rotatable bonds is 6. The first kappa shape index (κ1) is 15.5. The third-order valence-electron chi connectivity index (χ3n) is 4.75. The number of methoxy groups -OCH3 is 1. The predicted octanol–water partition coefficient (Wildman–Crippen LogP) is 2.68. The van der Waals surface area contributed by atoms with E-state index in [1.165, 1.54) is 25.7 Å². The topological polar surface area (TPSA) is 39.1 Å². The number of nitrogens with zero attached hydrogens (tertiary/aromatic N) is 2. The van der Waals surface area contributed by atoms with Crippen molar-refractivity contribution in [3.8, 4) is 0 Å². The van der Waals surface area contributed by atoms with Gasteiger partial charge in [0.2, 0.25) is 0 Å². The van der Waals surface area contributed by atoms with Gasteiger partial charge in [-0.15, -0.1) is 0 Å². The smallest absolute Gasteiger partial charge is 0.110 e. The fourth-order valence-electron chi connectivity index (χ4n) is 3.49. The second-order valence-corrected chi connectivity index (χ2v) is 5.95. The molecule has 4 heteroatoms. The van der Waals surface area contributed by atoms with Gasteiger partial charge in [-0.1, -0.05) is 32.6 Å². The molecule has 1 atom stereocenters. The van der Waals surface area contributed by atoms with Gasteiger partial charge in [-0.25, -0.2) is 4.98 Å². The van der Waals surface area contributed by atoms with Gasteiger partial charge in [0.15, 0.2) is 0 Å². The second-order valence-electron chi connectivity index (χ2n) is 5.95. The van der Waals surface area contributed by atoms with Crippen LogP contribution in [0.3, 0.4) is 0 Å². The van der Waals surface area contributed by atoms with Gasteiger partial charge in [0.25, 0.3) is 0 Å². The third kappa shape index (κ3) is 3.41. The molecule has 114 valence electrons. The first-order chi connectivity index (χ1) is 9.72. The van der Waals surface area contributed by atoms with Crippen molar-refractivity contribution >= 4 is 0 Å². The molecule has 4 nitrogen and oxygen atoms in total. The fourth-order valence-corrected chi connectivity index (χ4v) is 3.49. The Morgan fingerprint density at radius 3 is 2.55 bits per heavy atom. The Balaban J connectivity index is 2.17. The van der Waals surface area contributed by atoms with Crippen molar-refractivity contribution in [3.05, 3.63) is 18.2 Å². The normalized spacial score (nSPS) is 20.6. The van der Waals surface area contributed by atoms with Crippen LogP contribution in [0, 0.1) is 0 Å². The number of nitrogens with one attached hydrogen (secondary N) is 1. The van der Waals surface area contributed by atoms with Crippen molar-refractivity contribution in [2.24, 2.45) is 7.05 Å². The molecule has 1 aliphatic carbocycles. The molecule has 0 aliphatic heterocycles. The van der Waals surface area contributed by atoms with Crippen LogP contribution in [-0.2, 0) is 18.2 Å². The van der Waals surface area contributed by atoms with Gasteiger partial charge in [-0.05, 0) is 19.4 Å². The zero-order valence-corrected chi connectivity index (χ0v) is 13.2. The SMILES string of the molecule is CCNC(Cc1nccn1C)C1(OC)CCCCCC1. The van der Waals surface area contributed by atoms with E-state index in [0.29, 0.717) is 6.04 Å². The van der Waals surface area contributed by atoms with E-state index in [1.54, 1.807) is 0 Å². The summed E-state index contributed by atoms with van der Waals surface area (Å²) >= 11 is 0. The average molecular weight is 279 g/mol. The number of hydrogen-bond acceptors (Lipinski definition) is 3. The molecule has 1 aromatic heterocycles. The van der Waals surface area contributed by atoms with Crippen LogP contribution >= 0.6 is 0 Å². The lowest BCUT2D eigenvalue weighted by molar-refractivity contribution is -0.0528. The zero-order valence-electron chi connectivity index (χ0n) is 13.2. The lowest BCUT2D eigenvalue weighted by Gasteiger charge is -2.39.